The average Bonchev–Trinajstić information content (AvgIpc) is 3.22. The van der Waals surface area contributed by atoms with Crippen LogP contribution >= 0.6 is 0 Å². The number of aromatic amines is 1. The molecule has 2 saturated heterocycles. The first-order valence-electron chi connectivity index (χ1n) is 13.6. The molecular weight excluding hydrogens is 499 g/mol. The molecule has 0 unspecified atom stereocenters. The Morgan fingerprint density at radius 2 is 1.77 bits per heavy atom. The van der Waals surface area contributed by atoms with E-state index >= 15 is 0 Å². The summed E-state index contributed by atoms with van der Waals surface area (Å²) in [6.45, 7) is 10.6. The minimum Gasteiger partial charge on any atom is -0.453 e. The van der Waals surface area contributed by atoms with Gasteiger partial charge in [-0.2, -0.15) is 0 Å². The van der Waals surface area contributed by atoms with Gasteiger partial charge in [0.1, 0.15) is 11.9 Å². The Balaban J connectivity index is 1.35. The number of hydrogen-bond acceptors (Lipinski definition) is 7. The van der Waals surface area contributed by atoms with Crippen LogP contribution in [-0.4, -0.2) is 78.1 Å². The maximum absolute atomic E-state index is 13.7. The van der Waals surface area contributed by atoms with Crippen molar-refractivity contribution in [3.05, 3.63) is 36.3 Å². The van der Waals surface area contributed by atoms with Gasteiger partial charge < -0.3 is 34.0 Å². The van der Waals surface area contributed by atoms with E-state index in [0.29, 0.717) is 6.54 Å². The number of ether oxygens (including phenoxy) is 2. The summed E-state index contributed by atoms with van der Waals surface area (Å²) in [6.07, 6.45) is 3.60. The Morgan fingerprint density at radius 3 is 2.33 bits per heavy atom. The van der Waals surface area contributed by atoms with Gasteiger partial charge >= 0.3 is 13.2 Å². The molecule has 2 amide bonds. The molecule has 1 saturated carbocycles. The van der Waals surface area contributed by atoms with Crippen molar-refractivity contribution in [1.82, 2.24) is 20.2 Å². The molecule has 39 heavy (non-hydrogen) atoms. The minimum atomic E-state index is -0.865. The predicted molar refractivity (Wildman–Crippen MR) is 146 cm³/mol. The smallest absolute Gasteiger partial charge is 0.453 e. The number of imidazole rings is 1. The second-order valence-electron chi connectivity index (χ2n) is 12.1. The Kier molecular flexibility index (Phi) is 7.05. The number of hydrogen-bond donors (Lipinski definition) is 2. The van der Waals surface area contributed by atoms with E-state index in [9.17, 15) is 9.59 Å². The molecule has 0 radical (unpaired) electrons. The Hall–Kier alpha value is -2.89. The molecule has 3 fully saturated rings. The molecule has 1 aliphatic carbocycles. The quantitative estimate of drug-likeness (QED) is 0.521. The van der Waals surface area contributed by atoms with E-state index in [1.54, 1.807) is 6.92 Å². The fourth-order valence-electron chi connectivity index (χ4n) is 5.40. The molecule has 1 aromatic heterocycles. The van der Waals surface area contributed by atoms with E-state index in [-0.39, 0.29) is 17.4 Å². The summed E-state index contributed by atoms with van der Waals surface area (Å²) in [5.74, 6) is 0.535. The van der Waals surface area contributed by atoms with Gasteiger partial charge in [0, 0.05) is 13.7 Å². The SMILES string of the molecule is COC(=O)N[C@H](C(=O)N1CC2(CC2)C[C@H]1c1ncc(-c2ccc(B3OC(C)(C)C(C)(C)O3)cc2)[nH]1)[C@@H](C)OC. The molecule has 210 valence electrons. The van der Waals surface area contributed by atoms with Crippen molar-refractivity contribution in [3.63, 3.8) is 0 Å². The third-order valence-electron chi connectivity index (χ3n) is 8.97. The van der Waals surface area contributed by atoms with Crippen LogP contribution in [0.15, 0.2) is 30.5 Å². The van der Waals surface area contributed by atoms with Gasteiger partial charge in [-0.25, -0.2) is 9.78 Å². The van der Waals surface area contributed by atoms with Crippen molar-refractivity contribution in [1.29, 1.82) is 0 Å². The number of H-pyrrole nitrogens is 1. The number of carbonyl (C=O) groups excluding carboxylic acids is 2. The molecule has 3 aliphatic rings. The lowest BCUT2D eigenvalue weighted by atomic mass is 9.79. The van der Waals surface area contributed by atoms with Crippen LogP contribution in [0.4, 0.5) is 4.79 Å². The van der Waals surface area contributed by atoms with E-state index in [1.807, 2.05) is 63.1 Å². The Labute approximate surface area is 230 Å². The van der Waals surface area contributed by atoms with E-state index in [4.69, 9.17) is 23.8 Å². The van der Waals surface area contributed by atoms with Crippen LogP contribution in [0.2, 0.25) is 0 Å². The predicted octanol–water partition coefficient (Wildman–Crippen LogP) is 3.19. The fourth-order valence-corrected chi connectivity index (χ4v) is 5.40. The summed E-state index contributed by atoms with van der Waals surface area (Å²) in [6, 6.07) is 6.98. The van der Waals surface area contributed by atoms with E-state index in [1.165, 1.54) is 14.2 Å². The molecule has 0 bridgehead atoms. The van der Waals surface area contributed by atoms with Crippen molar-refractivity contribution in [2.24, 2.45) is 5.41 Å². The number of nitrogens with zero attached hydrogens (tertiary/aromatic N) is 2. The highest BCUT2D eigenvalue weighted by molar-refractivity contribution is 6.62. The summed E-state index contributed by atoms with van der Waals surface area (Å²) < 4.78 is 22.5. The van der Waals surface area contributed by atoms with Crippen LogP contribution in [0.25, 0.3) is 11.3 Å². The topological polar surface area (TPSA) is 115 Å². The van der Waals surface area contributed by atoms with Gasteiger partial charge in [-0.1, -0.05) is 24.3 Å². The second-order valence-corrected chi connectivity index (χ2v) is 12.1. The fraction of sp³-hybridized carbons (Fsp3) is 0.607. The maximum atomic E-state index is 13.7. The Bertz CT molecular complexity index is 1210. The van der Waals surface area contributed by atoms with Crippen LogP contribution in [0.5, 0.6) is 0 Å². The van der Waals surface area contributed by atoms with Gasteiger partial charge in [0.2, 0.25) is 5.91 Å². The van der Waals surface area contributed by atoms with Crippen LogP contribution in [0.1, 0.15) is 65.7 Å². The first-order chi connectivity index (χ1) is 18.4. The highest BCUT2D eigenvalue weighted by Crippen LogP contribution is 2.58. The highest BCUT2D eigenvalue weighted by atomic mass is 16.7. The van der Waals surface area contributed by atoms with Crippen LogP contribution in [0, 0.1) is 5.41 Å². The van der Waals surface area contributed by atoms with Crippen molar-refractivity contribution in [2.75, 3.05) is 20.8 Å². The lowest BCUT2D eigenvalue weighted by Crippen LogP contribution is -2.54. The third-order valence-corrected chi connectivity index (χ3v) is 8.97. The van der Waals surface area contributed by atoms with Gasteiger partial charge in [0.15, 0.2) is 0 Å². The Morgan fingerprint density at radius 1 is 1.13 bits per heavy atom. The van der Waals surface area contributed by atoms with E-state index in [0.717, 1.165) is 41.8 Å². The van der Waals surface area contributed by atoms with Gasteiger partial charge in [-0.3, -0.25) is 4.79 Å². The maximum Gasteiger partial charge on any atom is 0.494 e. The molecule has 2 aliphatic heterocycles. The molecule has 2 N–H and O–H groups in total. The minimum absolute atomic E-state index is 0.115. The largest absolute Gasteiger partial charge is 0.494 e. The first kappa shape index (κ1) is 27.7. The summed E-state index contributed by atoms with van der Waals surface area (Å²) in [4.78, 5) is 35.7. The number of alkyl carbamates (subject to hydrolysis) is 1. The molecule has 11 heteroatoms. The van der Waals surface area contributed by atoms with Gasteiger partial charge in [-0.15, -0.1) is 0 Å². The first-order valence-corrected chi connectivity index (χ1v) is 13.6. The number of nitrogens with one attached hydrogen (secondary N) is 2. The average molecular weight is 538 g/mol. The zero-order valence-electron chi connectivity index (χ0n) is 23.9. The second kappa shape index (κ2) is 9.94. The summed E-state index contributed by atoms with van der Waals surface area (Å²) >= 11 is 0. The molecule has 3 atom stereocenters. The molecule has 1 spiro atoms. The van der Waals surface area contributed by atoms with Crippen molar-refractivity contribution < 1.29 is 28.4 Å². The van der Waals surface area contributed by atoms with Crippen LogP contribution in [-0.2, 0) is 23.6 Å². The number of likely N-dealkylation sites (tertiary alicyclic amines) is 1. The number of amides is 2. The molecule has 5 rings (SSSR count). The molecule has 3 heterocycles. The number of methoxy groups -OCH3 is 2. The van der Waals surface area contributed by atoms with Crippen molar-refractivity contribution in [2.45, 2.75) is 83.3 Å². The molecule has 10 nitrogen and oxygen atoms in total. The van der Waals surface area contributed by atoms with Gasteiger partial charge in [0.05, 0.1) is 42.3 Å². The van der Waals surface area contributed by atoms with Crippen LogP contribution < -0.4 is 10.8 Å². The molecule has 2 aromatic rings. The van der Waals surface area contributed by atoms with Gasteiger partial charge in [0.25, 0.3) is 0 Å². The zero-order valence-corrected chi connectivity index (χ0v) is 23.9. The van der Waals surface area contributed by atoms with E-state index < -0.39 is 36.6 Å². The summed E-state index contributed by atoms with van der Waals surface area (Å²) in [5.41, 5.74) is 2.11. The van der Waals surface area contributed by atoms with Gasteiger partial charge in [-0.05, 0) is 70.3 Å². The van der Waals surface area contributed by atoms with Crippen LogP contribution in [0.3, 0.4) is 0 Å². The normalized spacial score (nSPS) is 24.0. The highest BCUT2D eigenvalue weighted by Gasteiger charge is 2.55. The molecule has 1 aromatic carbocycles. The van der Waals surface area contributed by atoms with E-state index in [2.05, 4.69) is 10.3 Å². The third kappa shape index (κ3) is 5.19. The number of benzene rings is 1. The summed E-state index contributed by atoms with van der Waals surface area (Å²) in [7, 11) is 2.37. The van der Waals surface area contributed by atoms with Crippen molar-refractivity contribution >= 4 is 24.6 Å². The number of rotatable bonds is 7. The monoisotopic (exact) mass is 538 g/mol. The number of aromatic nitrogens is 2. The van der Waals surface area contributed by atoms with Crippen molar-refractivity contribution in [3.8, 4) is 11.3 Å². The lowest BCUT2D eigenvalue weighted by Gasteiger charge is -2.32. The number of carbonyl (C=O) groups is 2. The lowest BCUT2D eigenvalue weighted by molar-refractivity contribution is -0.137. The summed E-state index contributed by atoms with van der Waals surface area (Å²) in [5, 5.41) is 2.65. The zero-order chi connectivity index (χ0) is 28.2. The molecular formula is C28H39BN4O6. The standard InChI is InChI=1S/C28H39BN4O6/c1-17(36-6)22(32-25(35)37-7)24(34)33-16-28(12-13-28)14-21(33)23-30-15-20(31-23)18-8-10-19(11-9-18)29-38-26(2,3)27(4,5)39-29/h8-11,15,17,21-22H,12-14,16H2,1-7H3,(H,30,31)(H,32,35)/t17-,21+,22+/m1/s1.